The Morgan fingerprint density at radius 3 is 2.19 bits per heavy atom. The molecule has 0 aliphatic heterocycles. The summed E-state index contributed by atoms with van der Waals surface area (Å²) in [5, 5.41) is 0. The fourth-order valence-corrected chi connectivity index (χ4v) is 6.05. The number of aryl methyl sites for hydroxylation is 1. The van der Waals surface area contributed by atoms with Crippen LogP contribution in [0.25, 0.3) is 0 Å². The van der Waals surface area contributed by atoms with Gasteiger partial charge in [-0.3, -0.25) is 9.59 Å². The molecule has 0 radical (unpaired) electrons. The standard InChI is InChI=1S/C30H37N3O3.BrH/c1-23-32(18-10-5-11-21-36-24(2)34)19-20-33(23)28-17-16-27(22-28)30(29(31)35,25-12-6-3-7-13-25)26-14-8-4-9-15-26;/h3-4,6-9,12-15,19-20,27-28H,5,10-11,16-18,21-22H2,1-2H3,(H-,31,35);1H/t27-,28+;/m0./s1. The zero-order valence-electron chi connectivity index (χ0n) is 21.8. The van der Waals surface area contributed by atoms with Crippen molar-refractivity contribution in [2.24, 2.45) is 11.7 Å². The molecule has 7 heteroatoms. The van der Waals surface area contributed by atoms with Crippen LogP contribution in [0.4, 0.5) is 0 Å². The van der Waals surface area contributed by atoms with E-state index in [2.05, 4.69) is 28.5 Å². The van der Waals surface area contributed by atoms with Gasteiger partial charge in [0.15, 0.2) is 0 Å². The number of ether oxygens (including phenoxy) is 1. The van der Waals surface area contributed by atoms with E-state index in [0.717, 1.165) is 56.2 Å². The minimum atomic E-state index is -0.851. The van der Waals surface area contributed by atoms with Crippen molar-refractivity contribution in [3.05, 3.63) is 90.0 Å². The van der Waals surface area contributed by atoms with Gasteiger partial charge >= 0.3 is 5.97 Å². The lowest BCUT2D eigenvalue weighted by atomic mass is 9.64. The van der Waals surface area contributed by atoms with Gasteiger partial charge in [-0.25, -0.2) is 9.13 Å². The van der Waals surface area contributed by atoms with E-state index in [1.54, 1.807) is 0 Å². The Morgan fingerprint density at radius 2 is 1.62 bits per heavy atom. The molecule has 0 bridgehead atoms. The number of nitrogens with zero attached hydrogens (tertiary/aromatic N) is 2. The molecule has 6 nitrogen and oxygen atoms in total. The molecule has 2 atom stereocenters. The van der Waals surface area contributed by atoms with Crippen LogP contribution in [0.3, 0.4) is 0 Å². The number of nitrogens with two attached hydrogens (primary N) is 1. The van der Waals surface area contributed by atoms with Crippen LogP contribution in [0.1, 0.15) is 68.4 Å². The third-order valence-corrected chi connectivity index (χ3v) is 7.80. The highest BCUT2D eigenvalue weighted by Gasteiger charge is 2.51. The summed E-state index contributed by atoms with van der Waals surface area (Å²) >= 11 is 0. The van der Waals surface area contributed by atoms with Crippen LogP contribution in [0, 0.1) is 12.8 Å². The number of halogens is 1. The molecule has 1 aliphatic rings. The quantitative estimate of drug-likeness (QED) is 0.217. The average Bonchev–Trinajstić information content (AvgIpc) is 3.50. The molecule has 2 N–H and O–H groups in total. The fourth-order valence-electron chi connectivity index (χ4n) is 6.05. The van der Waals surface area contributed by atoms with Crippen molar-refractivity contribution in [1.29, 1.82) is 0 Å². The van der Waals surface area contributed by atoms with Gasteiger partial charge in [0.25, 0.3) is 5.82 Å². The molecule has 1 fully saturated rings. The molecular weight excluding hydrogens is 530 g/mol. The molecule has 1 amide bonds. The van der Waals surface area contributed by atoms with E-state index in [1.807, 2.05) is 60.7 Å². The predicted molar refractivity (Wildman–Crippen MR) is 139 cm³/mol. The lowest BCUT2D eigenvalue weighted by molar-refractivity contribution is -0.703. The number of rotatable bonds is 11. The van der Waals surface area contributed by atoms with Crippen LogP contribution in [0.2, 0.25) is 0 Å². The van der Waals surface area contributed by atoms with Crippen molar-refractivity contribution >= 4 is 11.9 Å². The number of amides is 1. The Morgan fingerprint density at radius 1 is 1.00 bits per heavy atom. The number of primary amides is 1. The minimum absolute atomic E-state index is 0. The number of benzene rings is 2. The third-order valence-electron chi connectivity index (χ3n) is 7.80. The summed E-state index contributed by atoms with van der Waals surface area (Å²) in [4.78, 5) is 24.2. The first kappa shape index (κ1) is 28.6. The molecule has 37 heavy (non-hydrogen) atoms. The van der Waals surface area contributed by atoms with Gasteiger partial charge < -0.3 is 27.5 Å². The lowest BCUT2D eigenvalue weighted by Crippen LogP contribution is -3.00. The first-order valence-electron chi connectivity index (χ1n) is 13.1. The number of imidazole rings is 1. The van der Waals surface area contributed by atoms with E-state index < -0.39 is 5.41 Å². The summed E-state index contributed by atoms with van der Waals surface area (Å²) < 4.78 is 9.70. The van der Waals surface area contributed by atoms with Crippen molar-refractivity contribution in [2.75, 3.05) is 6.61 Å². The molecule has 3 aromatic rings. The van der Waals surface area contributed by atoms with Gasteiger partial charge in [-0.2, -0.15) is 0 Å². The third kappa shape index (κ3) is 6.15. The van der Waals surface area contributed by atoms with Crippen molar-refractivity contribution in [1.82, 2.24) is 4.57 Å². The molecule has 0 spiro atoms. The molecule has 1 aromatic heterocycles. The van der Waals surface area contributed by atoms with Crippen molar-refractivity contribution in [3.8, 4) is 0 Å². The molecular formula is C30H38BrN3O3. The first-order valence-corrected chi connectivity index (χ1v) is 13.1. The van der Waals surface area contributed by atoms with Gasteiger partial charge in [0.1, 0.15) is 23.9 Å². The van der Waals surface area contributed by atoms with Crippen molar-refractivity contribution < 1.29 is 35.9 Å². The van der Waals surface area contributed by atoms with Gasteiger partial charge in [-0.1, -0.05) is 60.7 Å². The normalized spacial score (nSPS) is 17.2. The zero-order chi connectivity index (χ0) is 25.5. The number of carbonyl (C=O) groups is 2. The van der Waals surface area contributed by atoms with E-state index in [9.17, 15) is 9.59 Å². The van der Waals surface area contributed by atoms with Crippen LogP contribution in [0.15, 0.2) is 73.1 Å². The molecule has 1 aliphatic carbocycles. The highest BCUT2D eigenvalue weighted by Crippen LogP contribution is 2.49. The summed E-state index contributed by atoms with van der Waals surface area (Å²) in [6.07, 6.45) is 10.1. The Kier molecular flexibility index (Phi) is 10.1. The second-order valence-corrected chi connectivity index (χ2v) is 9.91. The van der Waals surface area contributed by atoms with Gasteiger partial charge in [0.05, 0.1) is 13.2 Å². The summed E-state index contributed by atoms with van der Waals surface area (Å²) in [6, 6.07) is 20.4. The minimum Gasteiger partial charge on any atom is -1.00 e. The predicted octanol–water partition coefficient (Wildman–Crippen LogP) is 1.63. The number of unbranched alkanes of at least 4 members (excludes halogenated alkanes) is 2. The summed E-state index contributed by atoms with van der Waals surface area (Å²) in [7, 11) is 0. The zero-order valence-corrected chi connectivity index (χ0v) is 23.4. The van der Waals surface area contributed by atoms with E-state index in [0.29, 0.717) is 12.6 Å². The monoisotopic (exact) mass is 567 g/mol. The summed E-state index contributed by atoms with van der Waals surface area (Å²) in [5.74, 6) is 0.844. The second kappa shape index (κ2) is 13.0. The van der Waals surface area contributed by atoms with Crippen LogP contribution in [-0.2, 0) is 26.3 Å². The Balaban J connectivity index is 0.00000380. The number of aromatic nitrogens is 2. The SMILES string of the molecule is CC(=O)OCCCCC[n+]1ccn([C@@H]2CC[C@H](C(C(N)=O)(c3ccccc3)c3ccccc3)C2)c1C.[Br-]. The van der Waals surface area contributed by atoms with Gasteiger partial charge in [0.2, 0.25) is 5.91 Å². The fraction of sp³-hybridized carbons (Fsp3) is 0.433. The maximum absolute atomic E-state index is 13.3. The Labute approximate surface area is 230 Å². The number of esters is 1. The number of carbonyl (C=O) groups excluding carboxylic acids is 2. The lowest BCUT2D eigenvalue weighted by Gasteiger charge is -2.37. The maximum Gasteiger partial charge on any atom is 0.302 e. The van der Waals surface area contributed by atoms with E-state index in [-0.39, 0.29) is 34.8 Å². The first-order chi connectivity index (χ1) is 17.4. The second-order valence-electron chi connectivity index (χ2n) is 9.91. The summed E-state index contributed by atoms with van der Waals surface area (Å²) in [6.45, 7) is 5.05. The largest absolute Gasteiger partial charge is 1.00 e. The maximum atomic E-state index is 13.3. The number of hydrogen-bond donors (Lipinski definition) is 1. The van der Waals surface area contributed by atoms with Gasteiger partial charge in [0, 0.05) is 13.8 Å². The molecule has 4 rings (SSSR count). The summed E-state index contributed by atoms with van der Waals surface area (Å²) in [5.41, 5.74) is 7.36. The van der Waals surface area contributed by atoms with Crippen LogP contribution < -0.4 is 27.3 Å². The van der Waals surface area contributed by atoms with Gasteiger partial charge in [-0.05, 0) is 55.6 Å². The Hall–Kier alpha value is -2.93. The average molecular weight is 569 g/mol. The molecule has 1 saturated carbocycles. The Bertz CT molecular complexity index is 1120. The van der Waals surface area contributed by atoms with Crippen molar-refractivity contribution in [2.45, 2.75) is 70.4 Å². The molecule has 1 heterocycles. The highest BCUT2D eigenvalue weighted by atomic mass is 79.9. The molecule has 2 aromatic carbocycles. The van der Waals surface area contributed by atoms with E-state index >= 15 is 0 Å². The van der Waals surface area contributed by atoms with Crippen molar-refractivity contribution in [3.63, 3.8) is 0 Å². The van der Waals surface area contributed by atoms with Crippen LogP contribution in [0.5, 0.6) is 0 Å². The molecule has 0 unspecified atom stereocenters. The van der Waals surface area contributed by atoms with E-state index in [1.165, 1.54) is 12.7 Å². The van der Waals surface area contributed by atoms with Crippen LogP contribution in [-0.4, -0.2) is 23.1 Å². The smallest absolute Gasteiger partial charge is 0.302 e. The van der Waals surface area contributed by atoms with Crippen LogP contribution >= 0.6 is 0 Å². The highest BCUT2D eigenvalue weighted by molar-refractivity contribution is 5.91. The van der Waals surface area contributed by atoms with Gasteiger partial charge in [-0.15, -0.1) is 0 Å². The number of hydrogen-bond acceptors (Lipinski definition) is 3. The topological polar surface area (TPSA) is 78.2 Å². The molecule has 0 saturated heterocycles. The van der Waals surface area contributed by atoms with E-state index in [4.69, 9.17) is 10.5 Å². The molecule has 198 valence electrons.